The van der Waals surface area contributed by atoms with Gasteiger partial charge >= 0.3 is 0 Å². The average molecular weight is 428 g/mol. The molecule has 0 aromatic heterocycles. The molecule has 0 saturated heterocycles. The van der Waals surface area contributed by atoms with Gasteiger partial charge in [0.1, 0.15) is 5.75 Å². The van der Waals surface area contributed by atoms with Gasteiger partial charge < -0.3 is 14.6 Å². The van der Waals surface area contributed by atoms with Crippen molar-refractivity contribution in [3.8, 4) is 17.2 Å². The highest BCUT2D eigenvalue weighted by Gasteiger charge is 2.08. The van der Waals surface area contributed by atoms with Crippen LogP contribution < -0.4 is 14.9 Å². The fourth-order valence-corrected chi connectivity index (χ4v) is 2.48. The SMILES string of the molecule is COc1cc(Br)cc(/C=N/NC(=O)COc2ccc(Cl)c(C)c2)c1O. The topological polar surface area (TPSA) is 80.2 Å². The molecule has 0 atom stereocenters. The number of hydrazone groups is 1. The minimum absolute atomic E-state index is 0.0726. The highest BCUT2D eigenvalue weighted by atomic mass is 79.9. The van der Waals surface area contributed by atoms with E-state index in [1.807, 2.05) is 6.92 Å². The van der Waals surface area contributed by atoms with Crippen LogP contribution in [0.3, 0.4) is 0 Å². The van der Waals surface area contributed by atoms with Crippen molar-refractivity contribution in [3.63, 3.8) is 0 Å². The van der Waals surface area contributed by atoms with E-state index in [0.717, 1.165) is 5.56 Å². The summed E-state index contributed by atoms with van der Waals surface area (Å²) in [5, 5.41) is 14.4. The first kappa shape index (κ1) is 19.1. The number of carbonyl (C=O) groups excluding carboxylic acids is 1. The van der Waals surface area contributed by atoms with Gasteiger partial charge in [-0.25, -0.2) is 5.43 Å². The fourth-order valence-electron chi connectivity index (χ4n) is 1.91. The van der Waals surface area contributed by atoms with E-state index in [1.165, 1.54) is 13.3 Å². The lowest BCUT2D eigenvalue weighted by Crippen LogP contribution is -2.24. The van der Waals surface area contributed by atoms with Crippen LogP contribution >= 0.6 is 27.5 Å². The molecule has 0 aliphatic rings. The number of nitrogens with one attached hydrogen (secondary N) is 1. The number of phenolic OH excluding ortho intramolecular Hbond substituents is 1. The third-order valence-corrected chi connectivity index (χ3v) is 4.06. The Morgan fingerprint density at radius 2 is 2.16 bits per heavy atom. The number of halogens is 2. The number of carbonyl (C=O) groups is 1. The lowest BCUT2D eigenvalue weighted by atomic mass is 10.2. The maximum absolute atomic E-state index is 11.8. The minimum atomic E-state index is -0.440. The van der Waals surface area contributed by atoms with Crippen LogP contribution in [0.5, 0.6) is 17.2 Å². The van der Waals surface area contributed by atoms with E-state index in [2.05, 4.69) is 26.5 Å². The molecule has 8 heteroatoms. The first-order chi connectivity index (χ1) is 11.9. The van der Waals surface area contributed by atoms with E-state index in [0.29, 0.717) is 26.6 Å². The summed E-state index contributed by atoms with van der Waals surface area (Å²) >= 11 is 9.23. The third-order valence-electron chi connectivity index (χ3n) is 3.18. The molecule has 2 rings (SSSR count). The Labute approximate surface area is 158 Å². The summed E-state index contributed by atoms with van der Waals surface area (Å²) in [6.45, 7) is 1.64. The van der Waals surface area contributed by atoms with Crippen molar-refractivity contribution in [1.29, 1.82) is 0 Å². The maximum Gasteiger partial charge on any atom is 0.277 e. The quantitative estimate of drug-likeness (QED) is 0.545. The van der Waals surface area contributed by atoms with Crippen LogP contribution in [0.15, 0.2) is 39.9 Å². The van der Waals surface area contributed by atoms with Crippen molar-refractivity contribution in [1.82, 2.24) is 5.43 Å². The van der Waals surface area contributed by atoms with Gasteiger partial charge in [0.05, 0.1) is 13.3 Å². The number of hydrogen-bond acceptors (Lipinski definition) is 5. The molecule has 2 aromatic rings. The molecule has 0 fully saturated rings. The molecule has 1 amide bonds. The number of aromatic hydroxyl groups is 1. The molecular formula is C17H16BrClN2O4. The molecule has 0 saturated carbocycles. The van der Waals surface area contributed by atoms with Crippen molar-refractivity contribution >= 4 is 39.7 Å². The summed E-state index contributed by atoms with van der Waals surface area (Å²) in [7, 11) is 1.44. The maximum atomic E-state index is 11.8. The molecule has 132 valence electrons. The lowest BCUT2D eigenvalue weighted by molar-refractivity contribution is -0.123. The number of amides is 1. The Balaban J connectivity index is 1.92. The molecule has 0 unspecified atom stereocenters. The third kappa shape index (κ3) is 5.37. The lowest BCUT2D eigenvalue weighted by Gasteiger charge is -2.07. The zero-order chi connectivity index (χ0) is 18.4. The molecule has 0 bridgehead atoms. The predicted octanol–water partition coefficient (Wildman–Crippen LogP) is 3.65. The van der Waals surface area contributed by atoms with E-state index < -0.39 is 5.91 Å². The number of ether oxygens (including phenoxy) is 2. The van der Waals surface area contributed by atoms with Gasteiger partial charge in [-0.3, -0.25) is 4.79 Å². The molecule has 0 radical (unpaired) electrons. The van der Waals surface area contributed by atoms with Gasteiger partial charge in [-0.2, -0.15) is 5.10 Å². The van der Waals surface area contributed by atoms with Crippen LogP contribution in [0.4, 0.5) is 0 Å². The Kier molecular flexibility index (Phi) is 6.66. The second-order valence-electron chi connectivity index (χ2n) is 5.04. The number of methoxy groups -OCH3 is 1. The first-order valence-electron chi connectivity index (χ1n) is 7.18. The molecule has 2 aromatic carbocycles. The van der Waals surface area contributed by atoms with Crippen LogP contribution in [0, 0.1) is 6.92 Å². The standard InChI is InChI=1S/C17H16BrClN2O4/c1-10-5-13(3-4-14(10)19)25-9-16(22)21-20-8-11-6-12(18)7-15(24-2)17(11)23/h3-8,23H,9H2,1-2H3,(H,21,22)/b20-8+. The Hall–Kier alpha value is -2.25. The van der Waals surface area contributed by atoms with Crippen LogP contribution in [-0.2, 0) is 4.79 Å². The van der Waals surface area contributed by atoms with Crippen molar-refractivity contribution in [2.75, 3.05) is 13.7 Å². The average Bonchev–Trinajstić information content (AvgIpc) is 2.58. The van der Waals surface area contributed by atoms with Crippen LogP contribution in [0.2, 0.25) is 5.02 Å². The molecule has 0 aliphatic heterocycles. The normalized spacial score (nSPS) is 10.7. The molecule has 0 spiro atoms. The Morgan fingerprint density at radius 3 is 2.84 bits per heavy atom. The van der Waals surface area contributed by atoms with Crippen molar-refractivity contribution in [2.45, 2.75) is 6.92 Å². The zero-order valence-electron chi connectivity index (χ0n) is 13.5. The minimum Gasteiger partial charge on any atom is -0.504 e. The molecule has 2 N–H and O–H groups in total. The summed E-state index contributed by atoms with van der Waals surface area (Å²) < 4.78 is 11.1. The van der Waals surface area contributed by atoms with Gasteiger partial charge in [0.25, 0.3) is 5.91 Å². The van der Waals surface area contributed by atoms with Gasteiger partial charge in [-0.05, 0) is 42.8 Å². The van der Waals surface area contributed by atoms with E-state index in [9.17, 15) is 9.90 Å². The number of rotatable bonds is 6. The van der Waals surface area contributed by atoms with E-state index in [1.54, 1.807) is 30.3 Å². The summed E-state index contributed by atoms with van der Waals surface area (Å²) in [6.07, 6.45) is 1.31. The second-order valence-corrected chi connectivity index (χ2v) is 6.36. The van der Waals surface area contributed by atoms with Gasteiger partial charge in [0.2, 0.25) is 0 Å². The molecular weight excluding hydrogens is 412 g/mol. The number of benzene rings is 2. The number of hydrogen-bond donors (Lipinski definition) is 2. The Bertz CT molecular complexity index is 811. The Morgan fingerprint density at radius 1 is 1.40 bits per heavy atom. The first-order valence-corrected chi connectivity index (χ1v) is 8.35. The highest BCUT2D eigenvalue weighted by molar-refractivity contribution is 9.10. The number of nitrogens with zero attached hydrogens (tertiary/aromatic N) is 1. The predicted molar refractivity (Wildman–Crippen MR) is 99.8 cm³/mol. The second kappa shape index (κ2) is 8.73. The van der Waals surface area contributed by atoms with Crippen LogP contribution in [0.1, 0.15) is 11.1 Å². The van der Waals surface area contributed by atoms with E-state index in [-0.39, 0.29) is 12.4 Å². The van der Waals surface area contributed by atoms with Crippen molar-refractivity contribution in [2.24, 2.45) is 5.10 Å². The molecule has 0 heterocycles. The summed E-state index contributed by atoms with van der Waals surface area (Å²) in [5.41, 5.74) is 3.57. The highest BCUT2D eigenvalue weighted by Crippen LogP contribution is 2.32. The van der Waals surface area contributed by atoms with E-state index >= 15 is 0 Å². The van der Waals surface area contributed by atoms with Crippen molar-refractivity contribution < 1.29 is 19.4 Å². The van der Waals surface area contributed by atoms with Crippen molar-refractivity contribution in [3.05, 3.63) is 51.0 Å². The monoisotopic (exact) mass is 426 g/mol. The van der Waals surface area contributed by atoms with Gasteiger partial charge in [-0.15, -0.1) is 0 Å². The molecule has 6 nitrogen and oxygen atoms in total. The van der Waals surface area contributed by atoms with Gasteiger partial charge in [0, 0.05) is 15.1 Å². The summed E-state index contributed by atoms with van der Waals surface area (Å²) in [5.74, 6) is 0.320. The fraction of sp³-hybridized carbons (Fsp3) is 0.176. The largest absolute Gasteiger partial charge is 0.504 e. The van der Waals surface area contributed by atoms with Gasteiger partial charge in [0.15, 0.2) is 18.1 Å². The van der Waals surface area contributed by atoms with E-state index in [4.69, 9.17) is 21.1 Å². The smallest absolute Gasteiger partial charge is 0.277 e. The molecule has 0 aliphatic carbocycles. The number of aryl methyl sites for hydroxylation is 1. The summed E-state index contributed by atoms with van der Waals surface area (Å²) in [4.78, 5) is 11.8. The summed E-state index contributed by atoms with van der Waals surface area (Å²) in [6, 6.07) is 8.38. The zero-order valence-corrected chi connectivity index (χ0v) is 15.9. The number of phenols is 1. The molecule has 25 heavy (non-hydrogen) atoms. The van der Waals surface area contributed by atoms with Crippen LogP contribution in [-0.4, -0.2) is 30.9 Å². The van der Waals surface area contributed by atoms with Gasteiger partial charge in [-0.1, -0.05) is 27.5 Å². The van der Waals surface area contributed by atoms with Crippen LogP contribution in [0.25, 0.3) is 0 Å².